The number of rotatable bonds is 7. The molecule has 148 valence electrons. The minimum atomic E-state index is -0.670. The van der Waals surface area contributed by atoms with E-state index in [0.717, 1.165) is 24.8 Å². The Balaban J connectivity index is 1.63. The normalized spacial score (nSPS) is 13.4. The van der Waals surface area contributed by atoms with Crippen LogP contribution in [0.2, 0.25) is 0 Å². The van der Waals surface area contributed by atoms with Gasteiger partial charge in [-0.25, -0.2) is 4.39 Å². The lowest BCUT2D eigenvalue weighted by atomic mass is 10.1. The summed E-state index contributed by atoms with van der Waals surface area (Å²) in [7, 11) is 0. The zero-order chi connectivity index (χ0) is 19.9. The number of ether oxygens (including phenoxy) is 1. The fraction of sp³-hybridized carbons (Fsp3) is 0.333. The van der Waals surface area contributed by atoms with Crippen molar-refractivity contribution in [1.29, 1.82) is 0 Å². The predicted octanol–water partition coefficient (Wildman–Crippen LogP) is 2.47. The highest BCUT2D eigenvalue weighted by atomic mass is 19.1. The van der Waals surface area contributed by atoms with Gasteiger partial charge in [-0.2, -0.15) is 0 Å². The Bertz CT molecular complexity index is 833. The molecule has 2 aromatic carbocycles. The third kappa shape index (κ3) is 5.07. The van der Waals surface area contributed by atoms with Crippen molar-refractivity contribution in [3.63, 3.8) is 0 Å². The predicted molar refractivity (Wildman–Crippen MR) is 104 cm³/mol. The molecule has 1 saturated heterocycles. The standard InChI is InChI=1S/C21H24FN3O3/c22-19-8-7-17(28-16-5-3-15(4-6-16)9-10-23)13-18(19)21(27)24-14-20(26)25-11-1-2-12-25/h3-8,13H,1-2,9-12,14,23H2,(H,24,27). The van der Waals surface area contributed by atoms with E-state index in [2.05, 4.69) is 5.32 Å². The van der Waals surface area contributed by atoms with Gasteiger partial charge in [-0.1, -0.05) is 12.1 Å². The lowest BCUT2D eigenvalue weighted by Crippen LogP contribution is -2.38. The van der Waals surface area contributed by atoms with Crippen molar-refractivity contribution in [1.82, 2.24) is 10.2 Å². The van der Waals surface area contributed by atoms with Gasteiger partial charge in [-0.3, -0.25) is 9.59 Å². The number of benzene rings is 2. The van der Waals surface area contributed by atoms with E-state index >= 15 is 0 Å². The number of nitrogens with one attached hydrogen (secondary N) is 1. The van der Waals surface area contributed by atoms with Crippen LogP contribution in [0.1, 0.15) is 28.8 Å². The van der Waals surface area contributed by atoms with Gasteiger partial charge in [0.25, 0.3) is 5.91 Å². The second kappa shape index (κ2) is 9.32. The van der Waals surface area contributed by atoms with E-state index in [0.29, 0.717) is 31.1 Å². The average Bonchev–Trinajstić information content (AvgIpc) is 3.24. The number of nitrogens with two attached hydrogens (primary N) is 1. The minimum Gasteiger partial charge on any atom is -0.457 e. The van der Waals surface area contributed by atoms with E-state index in [9.17, 15) is 14.0 Å². The van der Waals surface area contributed by atoms with Gasteiger partial charge in [0.15, 0.2) is 0 Å². The van der Waals surface area contributed by atoms with Gasteiger partial charge < -0.3 is 20.7 Å². The maximum absolute atomic E-state index is 14.1. The third-order valence-corrected chi connectivity index (χ3v) is 4.63. The Morgan fingerprint density at radius 1 is 1.07 bits per heavy atom. The number of carbonyl (C=O) groups excluding carboxylic acids is 2. The number of nitrogens with zero attached hydrogens (tertiary/aromatic N) is 1. The van der Waals surface area contributed by atoms with Crippen LogP contribution in [-0.4, -0.2) is 42.9 Å². The Kier molecular flexibility index (Phi) is 6.60. The van der Waals surface area contributed by atoms with Crippen LogP contribution >= 0.6 is 0 Å². The lowest BCUT2D eigenvalue weighted by Gasteiger charge is -2.15. The van der Waals surface area contributed by atoms with E-state index in [4.69, 9.17) is 10.5 Å². The van der Waals surface area contributed by atoms with Crippen molar-refractivity contribution < 1.29 is 18.7 Å². The van der Waals surface area contributed by atoms with Crippen molar-refractivity contribution in [3.05, 3.63) is 59.4 Å². The summed E-state index contributed by atoms with van der Waals surface area (Å²) >= 11 is 0. The number of carbonyl (C=O) groups is 2. The van der Waals surface area contributed by atoms with Crippen LogP contribution < -0.4 is 15.8 Å². The Morgan fingerprint density at radius 3 is 2.43 bits per heavy atom. The molecule has 6 nitrogen and oxygen atoms in total. The molecule has 0 radical (unpaired) electrons. The highest BCUT2D eigenvalue weighted by molar-refractivity contribution is 5.97. The summed E-state index contributed by atoms with van der Waals surface area (Å²) < 4.78 is 19.8. The van der Waals surface area contributed by atoms with Gasteiger partial charge in [-0.05, 0) is 61.7 Å². The molecule has 2 amide bonds. The molecule has 0 bridgehead atoms. The zero-order valence-corrected chi connectivity index (χ0v) is 15.6. The molecule has 0 aromatic heterocycles. The average molecular weight is 385 g/mol. The molecule has 3 N–H and O–H groups in total. The molecule has 1 heterocycles. The van der Waals surface area contributed by atoms with Crippen LogP contribution in [0.15, 0.2) is 42.5 Å². The largest absolute Gasteiger partial charge is 0.457 e. The summed E-state index contributed by atoms with van der Waals surface area (Å²) in [5.74, 6) is -0.561. The summed E-state index contributed by atoms with van der Waals surface area (Å²) in [5, 5.41) is 2.49. The third-order valence-electron chi connectivity index (χ3n) is 4.63. The van der Waals surface area contributed by atoms with Crippen molar-refractivity contribution >= 4 is 11.8 Å². The molecule has 2 aromatic rings. The number of amides is 2. The molecular formula is C21H24FN3O3. The molecule has 7 heteroatoms. The van der Waals surface area contributed by atoms with Crippen LogP contribution in [0.25, 0.3) is 0 Å². The summed E-state index contributed by atoms with van der Waals surface area (Å²) in [6, 6.07) is 11.4. The second-order valence-corrected chi connectivity index (χ2v) is 6.70. The van der Waals surface area contributed by atoms with Crippen LogP contribution in [0.3, 0.4) is 0 Å². The Labute approximate surface area is 163 Å². The molecule has 0 saturated carbocycles. The van der Waals surface area contributed by atoms with Crippen LogP contribution in [0.5, 0.6) is 11.5 Å². The van der Waals surface area contributed by atoms with E-state index in [1.54, 1.807) is 17.0 Å². The summed E-state index contributed by atoms with van der Waals surface area (Å²) in [5.41, 5.74) is 6.47. The summed E-state index contributed by atoms with van der Waals surface area (Å²) in [6.07, 6.45) is 2.72. The summed E-state index contributed by atoms with van der Waals surface area (Å²) in [6.45, 7) is 1.83. The van der Waals surface area contributed by atoms with Gasteiger partial charge >= 0.3 is 0 Å². The van der Waals surface area contributed by atoms with E-state index < -0.39 is 11.7 Å². The first-order valence-corrected chi connectivity index (χ1v) is 9.39. The van der Waals surface area contributed by atoms with E-state index in [-0.39, 0.29) is 18.0 Å². The fourth-order valence-electron chi connectivity index (χ4n) is 3.10. The molecule has 0 spiro atoms. The van der Waals surface area contributed by atoms with Crippen molar-refractivity contribution in [2.75, 3.05) is 26.2 Å². The van der Waals surface area contributed by atoms with Gasteiger partial charge in [0.1, 0.15) is 17.3 Å². The van der Waals surface area contributed by atoms with Gasteiger partial charge in [-0.15, -0.1) is 0 Å². The maximum atomic E-state index is 14.1. The Hall–Kier alpha value is -2.93. The highest BCUT2D eigenvalue weighted by Crippen LogP contribution is 2.24. The first-order valence-electron chi connectivity index (χ1n) is 9.39. The quantitative estimate of drug-likeness (QED) is 0.767. The SMILES string of the molecule is NCCc1ccc(Oc2ccc(F)c(C(=O)NCC(=O)N3CCCC3)c2)cc1. The molecular weight excluding hydrogens is 361 g/mol. The molecule has 1 fully saturated rings. The molecule has 0 unspecified atom stereocenters. The monoisotopic (exact) mass is 385 g/mol. The van der Waals surface area contributed by atoms with Gasteiger partial charge in [0.05, 0.1) is 12.1 Å². The van der Waals surface area contributed by atoms with Crippen LogP contribution in [-0.2, 0) is 11.2 Å². The molecule has 3 rings (SSSR count). The molecule has 0 atom stereocenters. The minimum absolute atomic E-state index is 0.147. The lowest BCUT2D eigenvalue weighted by molar-refractivity contribution is -0.129. The van der Waals surface area contributed by atoms with Crippen LogP contribution in [0.4, 0.5) is 4.39 Å². The second-order valence-electron chi connectivity index (χ2n) is 6.70. The van der Waals surface area contributed by atoms with Crippen molar-refractivity contribution in [2.45, 2.75) is 19.3 Å². The fourth-order valence-corrected chi connectivity index (χ4v) is 3.10. The first-order chi connectivity index (χ1) is 13.6. The molecule has 0 aliphatic carbocycles. The van der Waals surface area contributed by atoms with E-state index in [1.165, 1.54) is 18.2 Å². The van der Waals surface area contributed by atoms with E-state index in [1.807, 2.05) is 12.1 Å². The van der Waals surface area contributed by atoms with Gasteiger partial charge in [0.2, 0.25) is 5.91 Å². The number of likely N-dealkylation sites (tertiary alicyclic amines) is 1. The van der Waals surface area contributed by atoms with Crippen molar-refractivity contribution in [3.8, 4) is 11.5 Å². The zero-order valence-electron chi connectivity index (χ0n) is 15.6. The Morgan fingerprint density at radius 2 is 1.75 bits per heavy atom. The number of hydrogen-bond acceptors (Lipinski definition) is 4. The number of halogens is 1. The molecule has 1 aliphatic rings. The maximum Gasteiger partial charge on any atom is 0.254 e. The molecule has 28 heavy (non-hydrogen) atoms. The van der Waals surface area contributed by atoms with Crippen LogP contribution in [0, 0.1) is 5.82 Å². The first kappa shape index (κ1) is 19.8. The highest BCUT2D eigenvalue weighted by Gasteiger charge is 2.20. The topological polar surface area (TPSA) is 84.7 Å². The smallest absolute Gasteiger partial charge is 0.254 e. The van der Waals surface area contributed by atoms with Gasteiger partial charge in [0, 0.05) is 13.1 Å². The summed E-state index contributed by atoms with van der Waals surface area (Å²) in [4.78, 5) is 26.0. The van der Waals surface area contributed by atoms with Crippen molar-refractivity contribution in [2.24, 2.45) is 5.73 Å². The number of hydrogen-bond donors (Lipinski definition) is 2. The molecule has 1 aliphatic heterocycles.